The second-order valence-electron chi connectivity index (χ2n) is 14.5. The number of nitrogens with zero attached hydrogens (tertiary/aromatic N) is 1. The van der Waals surface area contributed by atoms with Gasteiger partial charge < -0.3 is 9.32 Å². The van der Waals surface area contributed by atoms with E-state index in [1.54, 1.807) is 0 Å². The number of hydrogen-bond donors (Lipinski definition) is 0. The van der Waals surface area contributed by atoms with Crippen molar-refractivity contribution in [1.82, 2.24) is 0 Å². The molecule has 0 radical (unpaired) electrons. The van der Waals surface area contributed by atoms with Gasteiger partial charge in [0, 0.05) is 33.1 Å². The smallest absolute Gasteiger partial charge is 0.143 e. The first-order valence-corrected chi connectivity index (χ1v) is 19.2. The highest BCUT2D eigenvalue weighted by molar-refractivity contribution is 6.19. The number of furan rings is 1. The Balaban J connectivity index is 1.07. The summed E-state index contributed by atoms with van der Waals surface area (Å²) in [6.07, 6.45) is 0. The summed E-state index contributed by atoms with van der Waals surface area (Å²) in [6, 6.07) is 76.5. The summed E-state index contributed by atoms with van der Waals surface area (Å²) in [5, 5.41) is 9.52. The molecule has 2 nitrogen and oxygen atoms in total. The highest BCUT2D eigenvalue weighted by atomic mass is 16.3. The molecule has 0 aliphatic heterocycles. The van der Waals surface area contributed by atoms with Crippen LogP contribution in [0.3, 0.4) is 0 Å². The number of rotatable bonds is 6. The highest BCUT2D eigenvalue weighted by Gasteiger charge is 2.21. The van der Waals surface area contributed by atoms with Crippen molar-refractivity contribution in [3.8, 4) is 33.4 Å². The zero-order valence-corrected chi connectivity index (χ0v) is 30.6. The first-order chi connectivity index (χ1) is 27.7. The maximum Gasteiger partial charge on any atom is 0.143 e. The van der Waals surface area contributed by atoms with E-state index in [0.29, 0.717) is 0 Å². The maximum atomic E-state index is 6.65. The first-order valence-electron chi connectivity index (χ1n) is 19.2. The summed E-state index contributed by atoms with van der Waals surface area (Å²) in [5.41, 5.74) is 12.1. The normalized spacial score (nSPS) is 11.6. The SMILES string of the molecule is c1ccc(N(c2ccc(-c3ccc4ccccc4c3)cc2)c2ccc(-c3ccc4ccccc4c3)cc2)c(-c2cccc3oc4c5ccccc5ccc4c23)c1. The molecule has 0 aliphatic rings. The molecular weight excluding hydrogens is 679 g/mol. The van der Waals surface area contributed by atoms with Crippen molar-refractivity contribution in [3.63, 3.8) is 0 Å². The number of para-hydroxylation sites is 1. The third-order valence-electron chi connectivity index (χ3n) is 11.2. The third kappa shape index (κ3) is 5.42. The molecule has 0 amide bonds. The first kappa shape index (κ1) is 32.0. The molecule has 11 rings (SSSR count). The minimum Gasteiger partial charge on any atom is -0.455 e. The van der Waals surface area contributed by atoms with Crippen molar-refractivity contribution in [2.24, 2.45) is 0 Å². The molecule has 0 fully saturated rings. The Morgan fingerprint density at radius 2 is 0.821 bits per heavy atom. The van der Waals surface area contributed by atoms with Gasteiger partial charge in [0.1, 0.15) is 11.2 Å². The van der Waals surface area contributed by atoms with Crippen LogP contribution in [0.4, 0.5) is 17.1 Å². The Morgan fingerprint density at radius 1 is 0.321 bits per heavy atom. The quantitative estimate of drug-likeness (QED) is 0.171. The van der Waals surface area contributed by atoms with E-state index in [1.165, 1.54) is 49.2 Å². The van der Waals surface area contributed by atoms with E-state index in [0.717, 1.165) is 55.5 Å². The lowest BCUT2D eigenvalue weighted by Gasteiger charge is -2.28. The van der Waals surface area contributed by atoms with E-state index >= 15 is 0 Å². The number of hydrogen-bond acceptors (Lipinski definition) is 2. The van der Waals surface area contributed by atoms with E-state index in [4.69, 9.17) is 4.42 Å². The second-order valence-corrected chi connectivity index (χ2v) is 14.5. The number of fused-ring (bicyclic) bond motifs is 7. The van der Waals surface area contributed by atoms with E-state index in [9.17, 15) is 0 Å². The van der Waals surface area contributed by atoms with Crippen molar-refractivity contribution in [1.29, 1.82) is 0 Å². The van der Waals surface area contributed by atoms with E-state index in [-0.39, 0.29) is 0 Å². The molecule has 0 saturated heterocycles. The van der Waals surface area contributed by atoms with E-state index < -0.39 is 0 Å². The highest BCUT2D eigenvalue weighted by Crippen LogP contribution is 2.46. The van der Waals surface area contributed by atoms with Crippen LogP contribution < -0.4 is 4.90 Å². The Labute approximate surface area is 325 Å². The number of anilines is 3. The van der Waals surface area contributed by atoms with Gasteiger partial charge in [-0.25, -0.2) is 0 Å². The van der Waals surface area contributed by atoms with Crippen LogP contribution in [0.5, 0.6) is 0 Å². The van der Waals surface area contributed by atoms with E-state index in [2.05, 4.69) is 217 Å². The van der Waals surface area contributed by atoms with Gasteiger partial charge in [-0.05, 0) is 109 Å². The fourth-order valence-corrected chi connectivity index (χ4v) is 8.45. The van der Waals surface area contributed by atoms with Crippen molar-refractivity contribution in [3.05, 3.63) is 212 Å². The minimum absolute atomic E-state index is 0.884. The zero-order chi connectivity index (χ0) is 37.0. The van der Waals surface area contributed by atoms with Gasteiger partial charge in [0.05, 0.1) is 5.69 Å². The summed E-state index contributed by atoms with van der Waals surface area (Å²) < 4.78 is 6.65. The van der Waals surface area contributed by atoms with Crippen LogP contribution in [-0.4, -0.2) is 0 Å². The molecule has 0 spiro atoms. The largest absolute Gasteiger partial charge is 0.455 e. The molecule has 0 unspecified atom stereocenters. The third-order valence-corrected chi connectivity index (χ3v) is 11.2. The van der Waals surface area contributed by atoms with Crippen molar-refractivity contribution >= 4 is 71.3 Å². The Hall–Kier alpha value is -7.42. The zero-order valence-electron chi connectivity index (χ0n) is 30.6. The van der Waals surface area contributed by atoms with Crippen LogP contribution in [-0.2, 0) is 0 Å². The van der Waals surface area contributed by atoms with Gasteiger partial charge in [0.2, 0.25) is 0 Å². The average molecular weight is 714 g/mol. The second kappa shape index (κ2) is 13.2. The average Bonchev–Trinajstić information content (AvgIpc) is 3.67. The summed E-state index contributed by atoms with van der Waals surface area (Å²) in [4.78, 5) is 2.39. The monoisotopic (exact) mass is 713 g/mol. The van der Waals surface area contributed by atoms with Crippen LogP contribution in [0.15, 0.2) is 217 Å². The molecule has 10 aromatic carbocycles. The van der Waals surface area contributed by atoms with Crippen molar-refractivity contribution in [2.45, 2.75) is 0 Å². The Kier molecular flexibility index (Phi) is 7.53. The molecule has 56 heavy (non-hydrogen) atoms. The molecule has 1 heterocycles. The summed E-state index contributed by atoms with van der Waals surface area (Å²) in [5.74, 6) is 0. The fourth-order valence-electron chi connectivity index (χ4n) is 8.45. The molecule has 1 aromatic heterocycles. The summed E-state index contributed by atoms with van der Waals surface area (Å²) in [7, 11) is 0. The standard InChI is InChI=1S/C54H35NO/c1-3-13-41-34-43(22-20-36(41)10-1)38-24-29-45(30-25-38)55(46-31-26-39(27-32-46)44-23-21-37-11-2-4-14-42(37)35-44)51-18-8-7-16-48(51)49-17-9-19-52-53(49)50-33-28-40-12-5-6-15-47(40)54(50)56-52/h1-35H. The van der Waals surface area contributed by atoms with Gasteiger partial charge in [-0.15, -0.1) is 0 Å². The van der Waals surface area contributed by atoms with Crippen molar-refractivity contribution in [2.75, 3.05) is 4.90 Å². The van der Waals surface area contributed by atoms with Crippen LogP contribution >= 0.6 is 0 Å². The van der Waals surface area contributed by atoms with Crippen LogP contribution in [0, 0.1) is 0 Å². The maximum absolute atomic E-state index is 6.65. The molecule has 11 aromatic rings. The lowest BCUT2D eigenvalue weighted by Crippen LogP contribution is -2.11. The van der Waals surface area contributed by atoms with Crippen molar-refractivity contribution < 1.29 is 4.42 Å². The summed E-state index contributed by atoms with van der Waals surface area (Å²) >= 11 is 0. The topological polar surface area (TPSA) is 16.4 Å². The summed E-state index contributed by atoms with van der Waals surface area (Å²) in [6.45, 7) is 0. The predicted octanol–water partition coefficient (Wildman–Crippen LogP) is 15.5. The molecular formula is C54H35NO. The lowest BCUT2D eigenvalue weighted by atomic mass is 9.95. The van der Waals surface area contributed by atoms with Crippen LogP contribution in [0.1, 0.15) is 0 Å². The van der Waals surface area contributed by atoms with Gasteiger partial charge in [-0.1, -0.05) is 158 Å². The number of benzene rings is 10. The molecule has 0 bridgehead atoms. The Morgan fingerprint density at radius 3 is 1.46 bits per heavy atom. The van der Waals surface area contributed by atoms with Crippen LogP contribution in [0.25, 0.3) is 87.6 Å². The minimum atomic E-state index is 0.884. The van der Waals surface area contributed by atoms with Gasteiger partial charge >= 0.3 is 0 Å². The van der Waals surface area contributed by atoms with Gasteiger partial charge in [0.25, 0.3) is 0 Å². The lowest BCUT2D eigenvalue weighted by molar-refractivity contribution is 0.673. The molecule has 0 saturated carbocycles. The predicted molar refractivity (Wildman–Crippen MR) is 237 cm³/mol. The van der Waals surface area contributed by atoms with Gasteiger partial charge in [-0.2, -0.15) is 0 Å². The molecule has 0 aliphatic carbocycles. The molecule has 0 N–H and O–H groups in total. The Bertz CT molecular complexity index is 3120. The molecule has 2 heteroatoms. The van der Waals surface area contributed by atoms with Gasteiger partial charge in [0.15, 0.2) is 0 Å². The van der Waals surface area contributed by atoms with Gasteiger partial charge in [-0.3, -0.25) is 0 Å². The fraction of sp³-hybridized carbons (Fsp3) is 0. The molecule has 262 valence electrons. The van der Waals surface area contributed by atoms with E-state index in [1.807, 2.05) is 0 Å². The van der Waals surface area contributed by atoms with Crippen LogP contribution in [0.2, 0.25) is 0 Å². The molecule has 0 atom stereocenters.